The lowest BCUT2D eigenvalue weighted by atomic mass is 10.1. The molecule has 0 fully saturated rings. The summed E-state index contributed by atoms with van der Waals surface area (Å²) in [6, 6.07) is 17.2. The molecule has 0 saturated carbocycles. The molecule has 0 aliphatic carbocycles. The summed E-state index contributed by atoms with van der Waals surface area (Å²) in [5.41, 5.74) is 1.36. The molecule has 0 saturated heterocycles. The van der Waals surface area contributed by atoms with Gasteiger partial charge in [-0.05, 0) is 88.7 Å². The van der Waals surface area contributed by atoms with Crippen molar-refractivity contribution >= 4 is 27.5 Å². The zero-order valence-electron chi connectivity index (χ0n) is 23.6. The van der Waals surface area contributed by atoms with Gasteiger partial charge in [0.2, 0.25) is 11.8 Å². The van der Waals surface area contributed by atoms with E-state index < -0.39 is 39.9 Å². The largest absolute Gasteiger partial charge is 0.497 e. The van der Waals surface area contributed by atoms with Gasteiger partial charge in [0.05, 0.1) is 17.7 Å². The Labute approximate surface area is 235 Å². The van der Waals surface area contributed by atoms with Crippen LogP contribution in [0.1, 0.15) is 38.8 Å². The topological polar surface area (TPSA) is 96.0 Å². The molecule has 40 heavy (non-hydrogen) atoms. The maximum Gasteiger partial charge on any atom is 0.264 e. The molecule has 10 heteroatoms. The summed E-state index contributed by atoms with van der Waals surface area (Å²) in [5, 5.41) is 2.89. The van der Waals surface area contributed by atoms with Gasteiger partial charge in [-0.25, -0.2) is 12.8 Å². The number of nitrogens with one attached hydrogen (secondary N) is 1. The molecule has 0 aromatic heterocycles. The van der Waals surface area contributed by atoms with E-state index in [1.165, 1.54) is 4.90 Å². The summed E-state index contributed by atoms with van der Waals surface area (Å²) in [4.78, 5) is 28.3. The second kappa shape index (κ2) is 12.5. The van der Waals surface area contributed by atoms with Gasteiger partial charge in [-0.2, -0.15) is 0 Å². The first kappa shape index (κ1) is 30.6. The Bertz CT molecular complexity index is 1420. The minimum absolute atomic E-state index is 0.0554. The van der Waals surface area contributed by atoms with Gasteiger partial charge in [-0.15, -0.1) is 0 Å². The highest BCUT2D eigenvalue weighted by molar-refractivity contribution is 7.92. The zero-order valence-corrected chi connectivity index (χ0v) is 24.5. The fraction of sp³-hybridized carbons (Fsp3) is 0.333. The van der Waals surface area contributed by atoms with Crippen LogP contribution in [0.15, 0.2) is 77.7 Å². The third-order valence-electron chi connectivity index (χ3n) is 6.18. The van der Waals surface area contributed by atoms with Crippen molar-refractivity contribution in [3.63, 3.8) is 0 Å². The molecule has 0 bridgehead atoms. The first-order valence-electron chi connectivity index (χ1n) is 12.8. The van der Waals surface area contributed by atoms with Crippen molar-refractivity contribution in [1.82, 2.24) is 10.2 Å². The number of carbonyl (C=O) groups is 2. The van der Waals surface area contributed by atoms with Crippen LogP contribution in [-0.4, -0.2) is 50.4 Å². The Balaban J connectivity index is 2.02. The summed E-state index contributed by atoms with van der Waals surface area (Å²) in [5.74, 6) is -0.909. The highest BCUT2D eigenvalue weighted by Gasteiger charge is 2.33. The lowest BCUT2D eigenvalue weighted by Crippen LogP contribution is -2.54. The van der Waals surface area contributed by atoms with Gasteiger partial charge in [0.15, 0.2) is 0 Å². The Morgan fingerprint density at radius 3 is 2.05 bits per heavy atom. The van der Waals surface area contributed by atoms with E-state index in [0.29, 0.717) is 5.75 Å². The summed E-state index contributed by atoms with van der Waals surface area (Å²) in [7, 11) is -2.72. The van der Waals surface area contributed by atoms with E-state index in [4.69, 9.17) is 4.74 Å². The lowest BCUT2D eigenvalue weighted by Gasteiger charge is -2.33. The van der Waals surface area contributed by atoms with Crippen molar-refractivity contribution in [3.05, 3.63) is 89.7 Å². The van der Waals surface area contributed by atoms with Crippen LogP contribution in [0.5, 0.6) is 5.75 Å². The van der Waals surface area contributed by atoms with Crippen LogP contribution in [0.25, 0.3) is 0 Å². The lowest BCUT2D eigenvalue weighted by molar-refractivity contribution is -0.140. The van der Waals surface area contributed by atoms with Gasteiger partial charge in [-0.1, -0.05) is 29.8 Å². The third kappa shape index (κ3) is 7.81. The minimum atomic E-state index is -4.27. The number of hydrogen-bond donors (Lipinski definition) is 1. The van der Waals surface area contributed by atoms with Crippen molar-refractivity contribution in [3.8, 4) is 5.75 Å². The van der Waals surface area contributed by atoms with E-state index in [0.717, 1.165) is 39.7 Å². The maximum absolute atomic E-state index is 13.9. The summed E-state index contributed by atoms with van der Waals surface area (Å²) >= 11 is 0. The highest BCUT2D eigenvalue weighted by Crippen LogP contribution is 2.25. The van der Waals surface area contributed by atoms with Crippen molar-refractivity contribution < 1.29 is 27.1 Å². The number of sulfonamides is 1. The number of aryl methyl sites for hydroxylation is 1. The van der Waals surface area contributed by atoms with Crippen molar-refractivity contribution in [1.29, 1.82) is 0 Å². The van der Waals surface area contributed by atoms with Crippen LogP contribution in [0.3, 0.4) is 0 Å². The first-order chi connectivity index (χ1) is 18.7. The molecular weight excluding hydrogens is 533 g/mol. The standard InChI is InChI=1S/C30H36FN3O5S/c1-21-7-13-25(14-8-21)34(40(37,38)27-17-11-24(31)12-18-27)20-28(35)33(22(2)29(36)32-30(3,4)5)19-23-9-15-26(39-6)16-10-23/h7-18,22H,19-20H2,1-6H3,(H,32,36)/t22-/m0/s1. The Hall–Kier alpha value is -3.92. The van der Waals surface area contributed by atoms with E-state index in [1.807, 2.05) is 27.7 Å². The Morgan fingerprint density at radius 1 is 0.950 bits per heavy atom. The highest BCUT2D eigenvalue weighted by atomic mass is 32.2. The predicted molar refractivity (Wildman–Crippen MR) is 153 cm³/mol. The molecule has 1 atom stereocenters. The second-order valence-electron chi connectivity index (χ2n) is 10.6. The molecule has 3 aromatic carbocycles. The third-order valence-corrected chi connectivity index (χ3v) is 7.97. The SMILES string of the molecule is COc1ccc(CN(C(=O)CN(c2ccc(C)cc2)S(=O)(=O)c2ccc(F)cc2)[C@@H](C)C(=O)NC(C)(C)C)cc1. The molecule has 3 aromatic rings. The van der Waals surface area contributed by atoms with E-state index in [9.17, 15) is 22.4 Å². The molecule has 8 nitrogen and oxygen atoms in total. The monoisotopic (exact) mass is 569 g/mol. The summed E-state index contributed by atoms with van der Waals surface area (Å²) in [6.45, 7) is 8.45. The molecule has 2 amide bonds. The Kier molecular flexibility index (Phi) is 9.57. The fourth-order valence-electron chi connectivity index (χ4n) is 3.96. The second-order valence-corrected chi connectivity index (χ2v) is 12.4. The molecule has 1 N–H and O–H groups in total. The first-order valence-corrected chi connectivity index (χ1v) is 14.2. The van der Waals surface area contributed by atoms with Gasteiger partial charge < -0.3 is 15.0 Å². The number of halogens is 1. The van der Waals surface area contributed by atoms with Crippen LogP contribution in [0.4, 0.5) is 10.1 Å². The van der Waals surface area contributed by atoms with E-state index in [2.05, 4.69) is 5.32 Å². The number of carbonyl (C=O) groups excluding carboxylic acids is 2. The quantitative estimate of drug-likeness (QED) is 0.383. The van der Waals surface area contributed by atoms with Crippen molar-refractivity contribution in [2.45, 2.75) is 57.6 Å². The summed E-state index contributed by atoms with van der Waals surface area (Å²) in [6.07, 6.45) is 0. The van der Waals surface area contributed by atoms with Gasteiger partial charge in [-0.3, -0.25) is 13.9 Å². The van der Waals surface area contributed by atoms with Crippen molar-refractivity contribution in [2.24, 2.45) is 0 Å². The fourth-order valence-corrected chi connectivity index (χ4v) is 5.37. The molecule has 0 aliphatic rings. The van der Waals surface area contributed by atoms with Crippen molar-refractivity contribution in [2.75, 3.05) is 18.0 Å². The molecular formula is C30H36FN3O5S. The average Bonchev–Trinajstić information content (AvgIpc) is 2.90. The molecule has 0 unspecified atom stereocenters. The van der Waals surface area contributed by atoms with E-state index in [-0.39, 0.29) is 23.0 Å². The van der Waals surface area contributed by atoms with Gasteiger partial charge in [0.25, 0.3) is 10.0 Å². The molecule has 0 aliphatic heterocycles. The van der Waals surface area contributed by atoms with Gasteiger partial charge >= 0.3 is 0 Å². The maximum atomic E-state index is 13.9. The predicted octanol–water partition coefficient (Wildman–Crippen LogP) is 4.67. The minimum Gasteiger partial charge on any atom is -0.497 e. The average molecular weight is 570 g/mol. The molecule has 0 heterocycles. The number of rotatable bonds is 10. The number of ether oxygens (including phenoxy) is 1. The molecule has 3 rings (SSSR count). The zero-order chi connectivity index (χ0) is 29.7. The Morgan fingerprint density at radius 2 is 1.52 bits per heavy atom. The van der Waals surface area contributed by atoms with Crippen LogP contribution >= 0.6 is 0 Å². The van der Waals surface area contributed by atoms with Gasteiger partial charge in [0, 0.05) is 12.1 Å². The normalized spacial score (nSPS) is 12.4. The number of nitrogens with zero attached hydrogens (tertiary/aromatic N) is 2. The van der Waals surface area contributed by atoms with E-state index >= 15 is 0 Å². The number of benzene rings is 3. The van der Waals surface area contributed by atoms with Crippen LogP contribution in [-0.2, 0) is 26.2 Å². The van der Waals surface area contributed by atoms with E-state index in [1.54, 1.807) is 62.6 Å². The number of amides is 2. The molecule has 214 valence electrons. The molecule has 0 spiro atoms. The number of anilines is 1. The summed E-state index contributed by atoms with van der Waals surface area (Å²) < 4.78 is 47.3. The van der Waals surface area contributed by atoms with Crippen LogP contribution in [0.2, 0.25) is 0 Å². The van der Waals surface area contributed by atoms with Crippen LogP contribution < -0.4 is 14.4 Å². The van der Waals surface area contributed by atoms with Crippen LogP contribution in [0, 0.1) is 12.7 Å². The number of hydrogen-bond acceptors (Lipinski definition) is 5. The van der Waals surface area contributed by atoms with Gasteiger partial charge in [0.1, 0.15) is 24.2 Å². The molecule has 0 radical (unpaired) electrons. The smallest absolute Gasteiger partial charge is 0.264 e. The number of methoxy groups -OCH3 is 1.